The molecule has 0 aliphatic heterocycles. The summed E-state index contributed by atoms with van der Waals surface area (Å²) in [5, 5.41) is 1.99. The summed E-state index contributed by atoms with van der Waals surface area (Å²) in [7, 11) is 0. The van der Waals surface area contributed by atoms with Crippen molar-refractivity contribution < 1.29 is 8.78 Å². The number of aromatic nitrogens is 2. The predicted molar refractivity (Wildman–Crippen MR) is 77.2 cm³/mol. The monoisotopic (exact) mass is 312 g/mol. The Morgan fingerprint density at radius 1 is 1.25 bits per heavy atom. The van der Waals surface area contributed by atoms with Gasteiger partial charge in [-0.3, -0.25) is 0 Å². The van der Waals surface area contributed by atoms with Crippen LogP contribution in [0.2, 0.25) is 0 Å². The zero-order valence-corrected chi connectivity index (χ0v) is 12.0. The van der Waals surface area contributed by atoms with Crippen molar-refractivity contribution >= 4 is 34.0 Å². The molecule has 0 radical (unpaired) electrons. The van der Waals surface area contributed by atoms with Crippen LogP contribution in [0.25, 0.3) is 11.0 Å². The summed E-state index contributed by atoms with van der Waals surface area (Å²) in [6.45, 7) is 0.527. The van der Waals surface area contributed by atoms with E-state index in [1.807, 2.05) is 17.5 Å². The first-order chi connectivity index (χ1) is 9.70. The molecule has 104 valence electrons. The van der Waals surface area contributed by atoms with Gasteiger partial charge in [-0.25, -0.2) is 13.8 Å². The Hall–Kier alpha value is -1.46. The molecule has 0 atom stereocenters. The summed E-state index contributed by atoms with van der Waals surface area (Å²) in [5.41, 5.74) is 0.628. The van der Waals surface area contributed by atoms with Crippen molar-refractivity contribution in [3.05, 3.63) is 52.0 Å². The van der Waals surface area contributed by atoms with E-state index >= 15 is 0 Å². The van der Waals surface area contributed by atoms with Gasteiger partial charge >= 0.3 is 0 Å². The van der Waals surface area contributed by atoms with E-state index in [1.165, 1.54) is 10.9 Å². The minimum absolute atomic E-state index is 0.167. The molecule has 0 fully saturated rings. The van der Waals surface area contributed by atoms with Gasteiger partial charge in [-0.2, -0.15) is 0 Å². The molecule has 0 bridgehead atoms. The average molecular weight is 313 g/mol. The number of halogens is 3. The van der Waals surface area contributed by atoms with Crippen LogP contribution in [0.5, 0.6) is 0 Å². The maximum atomic E-state index is 14.0. The molecule has 2 nitrogen and oxygen atoms in total. The molecule has 3 rings (SSSR count). The Balaban J connectivity index is 2.05. The summed E-state index contributed by atoms with van der Waals surface area (Å²) in [6.07, 6.45) is 0.739. The van der Waals surface area contributed by atoms with Gasteiger partial charge in [-0.15, -0.1) is 22.9 Å². The van der Waals surface area contributed by atoms with Gasteiger partial charge in [0.15, 0.2) is 11.6 Å². The number of imidazole rings is 1. The van der Waals surface area contributed by atoms with Crippen LogP contribution in [-0.2, 0) is 18.8 Å². The lowest BCUT2D eigenvalue weighted by atomic mass is 10.2. The lowest BCUT2D eigenvalue weighted by molar-refractivity contribution is 0.510. The molecule has 0 unspecified atom stereocenters. The van der Waals surface area contributed by atoms with Crippen LogP contribution in [0.1, 0.15) is 10.7 Å². The second-order valence-electron chi connectivity index (χ2n) is 4.37. The maximum absolute atomic E-state index is 14.0. The van der Waals surface area contributed by atoms with Crippen molar-refractivity contribution in [3.8, 4) is 0 Å². The second kappa shape index (κ2) is 5.50. The normalized spacial score (nSPS) is 11.3. The third-order valence-corrected chi connectivity index (χ3v) is 4.34. The molecular formula is C14H11ClF2N2S. The topological polar surface area (TPSA) is 17.8 Å². The van der Waals surface area contributed by atoms with Gasteiger partial charge in [-0.1, -0.05) is 6.07 Å². The molecule has 0 aliphatic carbocycles. The SMILES string of the molecule is Fc1ccc2nc(CCl)n(CCc3cccs3)c2c1F. The summed E-state index contributed by atoms with van der Waals surface area (Å²) >= 11 is 7.50. The van der Waals surface area contributed by atoms with E-state index in [0.717, 1.165) is 12.5 Å². The molecule has 0 saturated carbocycles. The van der Waals surface area contributed by atoms with E-state index in [4.69, 9.17) is 11.6 Å². The van der Waals surface area contributed by atoms with E-state index < -0.39 is 11.6 Å². The molecule has 0 spiro atoms. The summed E-state index contributed by atoms with van der Waals surface area (Å²) in [5.74, 6) is -1.00. The molecule has 0 aliphatic rings. The molecule has 0 saturated heterocycles. The van der Waals surface area contributed by atoms with Crippen molar-refractivity contribution in [2.75, 3.05) is 0 Å². The highest BCUT2D eigenvalue weighted by Gasteiger charge is 2.16. The minimum Gasteiger partial charge on any atom is -0.324 e. The van der Waals surface area contributed by atoms with E-state index in [-0.39, 0.29) is 11.4 Å². The van der Waals surface area contributed by atoms with Crippen LogP contribution in [0.15, 0.2) is 29.6 Å². The number of hydrogen-bond donors (Lipinski definition) is 0. The van der Waals surface area contributed by atoms with Crippen LogP contribution in [0.4, 0.5) is 8.78 Å². The lowest BCUT2D eigenvalue weighted by Crippen LogP contribution is -2.06. The van der Waals surface area contributed by atoms with Gasteiger partial charge in [0, 0.05) is 11.4 Å². The van der Waals surface area contributed by atoms with E-state index in [9.17, 15) is 8.78 Å². The van der Waals surface area contributed by atoms with Gasteiger partial charge in [0.05, 0.1) is 11.4 Å². The summed E-state index contributed by atoms with van der Waals surface area (Å²) < 4.78 is 29.1. The Morgan fingerprint density at radius 3 is 2.80 bits per heavy atom. The highest BCUT2D eigenvalue weighted by Crippen LogP contribution is 2.23. The lowest BCUT2D eigenvalue weighted by Gasteiger charge is -2.07. The van der Waals surface area contributed by atoms with Crippen LogP contribution < -0.4 is 0 Å². The number of hydrogen-bond acceptors (Lipinski definition) is 2. The van der Waals surface area contributed by atoms with Gasteiger partial charge in [-0.05, 0) is 30.0 Å². The number of rotatable bonds is 4. The van der Waals surface area contributed by atoms with Crippen LogP contribution in [0.3, 0.4) is 0 Å². The number of benzene rings is 1. The predicted octanol–water partition coefficient (Wildman–Crippen LogP) is 4.36. The largest absolute Gasteiger partial charge is 0.324 e. The third-order valence-electron chi connectivity index (χ3n) is 3.16. The summed E-state index contributed by atoms with van der Waals surface area (Å²) in [4.78, 5) is 5.45. The van der Waals surface area contributed by atoms with Crippen molar-refractivity contribution in [2.24, 2.45) is 0 Å². The Bertz CT molecular complexity index is 737. The number of aryl methyl sites for hydroxylation is 2. The Kier molecular flexibility index (Phi) is 3.72. The van der Waals surface area contributed by atoms with Gasteiger partial charge in [0.25, 0.3) is 0 Å². The van der Waals surface area contributed by atoms with Crippen LogP contribution in [-0.4, -0.2) is 9.55 Å². The molecule has 0 amide bonds. The van der Waals surface area contributed by atoms with Crippen LogP contribution >= 0.6 is 22.9 Å². The zero-order chi connectivity index (χ0) is 14.1. The molecule has 2 aromatic heterocycles. The average Bonchev–Trinajstić information content (AvgIpc) is 3.07. The molecule has 2 heterocycles. The standard InChI is InChI=1S/C14H11ClF2N2S/c15-8-12-18-11-4-3-10(16)13(17)14(11)19(12)6-5-9-2-1-7-20-9/h1-4,7H,5-6,8H2. The molecule has 20 heavy (non-hydrogen) atoms. The Labute approximate surface area is 123 Å². The molecular weight excluding hydrogens is 302 g/mol. The highest BCUT2D eigenvalue weighted by atomic mass is 35.5. The fourth-order valence-corrected chi connectivity index (χ4v) is 3.13. The number of thiophene rings is 1. The molecule has 6 heteroatoms. The molecule has 1 aromatic carbocycles. The van der Waals surface area contributed by atoms with Gasteiger partial charge < -0.3 is 4.57 Å². The maximum Gasteiger partial charge on any atom is 0.184 e. The molecule has 0 N–H and O–H groups in total. The fraction of sp³-hybridized carbons (Fsp3) is 0.214. The van der Waals surface area contributed by atoms with Crippen molar-refractivity contribution in [2.45, 2.75) is 18.8 Å². The van der Waals surface area contributed by atoms with Crippen molar-refractivity contribution in [1.29, 1.82) is 0 Å². The first-order valence-corrected chi connectivity index (χ1v) is 7.53. The number of fused-ring (bicyclic) bond motifs is 1. The molecule has 3 aromatic rings. The van der Waals surface area contributed by atoms with E-state index in [0.29, 0.717) is 17.9 Å². The van der Waals surface area contributed by atoms with Crippen molar-refractivity contribution in [1.82, 2.24) is 9.55 Å². The Morgan fingerprint density at radius 2 is 2.10 bits per heavy atom. The van der Waals surface area contributed by atoms with Gasteiger partial charge in [0.1, 0.15) is 11.3 Å². The third kappa shape index (κ3) is 2.31. The van der Waals surface area contributed by atoms with Crippen LogP contribution in [0, 0.1) is 11.6 Å². The highest BCUT2D eigenvalue weighted by molar-refractivity contribution is 7.09. The number of alkyl halides is 1. The van der Waals surface area contributed by atoms with E-state index in [2.05, 4.69) is 4.98 Å². The zero-order valence-electron chi connectivity index (χ0n) is 10.4. The summed E-state index contributed by atoms with van der Waals surface area (Å²) in [6, 6.07) is 6.55. The quantitative estimate of drug-likeness (QED) is 0.655. The fourth-order valence-electron chi connectivity index (χ4n) is 2.22. The number of nitrogens with zero attached hydrogens (tertiary/aromatic N) is 2. The minimum atomic E-state index is -0.865. The van der Waals surface area contributed by atoms with E-state index in [1.54, 1.807) is 15.9 Å². The van der Waals surface area contributed by atoms with Gasteiger partial charge in [0.2, 0.25) is 0 Å². The first-order valence-electron chi connectivity index (χ1n) is 6.12. The second-order valence-corrected chi connectivity index (χ2v) is 5.67. The van der Waals surface area contributed by atoms with Crippen molar-refractivity contribution in [3.63, 3.8) is 0 Å². The first kappa shape index (κ1) is 13.5. The smallest absolute Gasteiger partial charge is 0.184 e.